The second kappa shape index (κ2) is 6.09. The maximum absolute atomic E-state index is 12.0. The molecule has 0 atom stereocenters. The Morgan fingerprint density at radius 3 is 1.25 bits per heavy atom. The second-order valence-corrected chi connectivity index (χ2v) is 5.08. The Morgan fingerprint density at radius 2 is 0.938 bits per heavy atom. The van der Waals surface area contributed by atoms with Crippen LogP contribution in [0.1, 0.15) is 0 Å². The minimum Gasteiger partial charge on any atom is -0.219 e. The topological polar surface area (TPSA) is 34.1 Å². The molecule has 2 aromatic carbocycles. The molecule has 0 radical (unpaired) electrons. The maximum atomic E-state index is 12.0. The number of hydrogen-bond donors (Lipinski definition) is 0. The van der Waals surface area contributed by atoms with Crippen molar-refractivity contribution in [3.63, 3.8) is 0 Å². The van der Waals surface area contributed by atoms with Crippen molar-refractivity contribution < 1.29 is 59.8 Å². The summed E-state index contributed by atoms with van der Waals surface area (Å²) in [4.78, 5) is 0.660. The van der Waals surface area contributed by atoms with Crippen LogP contribution in [-0.4, -0.2) is 8.42 Å². The summed E-state index contributed by atoms with van der Waals surface area (Å²) in [6.07, 6.45) is 0. The van der Waals surface area contributed by atoms with Gasteiger partial charge < -0.3 is 0 Å². The van der Waals surface area contributed by atoms with E-state index in [9.17, 15) is 8.42 Å². The molecule has 0 amide bonds. The van der Waals surface area contributed by atoms with E-state index < -0.39 is 9.84 Å². The van der Waals surface area contributed by atoms with Crippen LogP contribution in [0, 0.1) is 0 Å². The van der Waals surface area contributed by atoms with Gasteiger partial charge in [-0.05, 0) is 24.3 Å². The molecular formula is C12H10KO2S+. The normalized spacial score (nSPS) is 10.5. The Morgan fingerprint density at radius 1 is 0.625 bits per heavy atom. The molecule has 0 spiro atoms. The minimum absolute atomic E-state index is 0. The standard InChI is InChI=1S/C12H10O2S.K/c13-15(14,11-7-3-1-4-8-11)12-9-5-2-6-10-12;/h1-10H;/q;+1. The third-order valence-corrected chi connectivity index (χ3v) is 3.89. The van der Waals surface area contributed by atoms with Crippen molar-refractivity contribution in [3.8, 4) is 0 Å². The summed E-state index contributed by atoms with van der Waals surface area (Å²) in [5, 5.41) is 0. The van der Waals surface area contributed by atoms with E-state index in [4.69, 9.17) is 0 Å². The maximum Gasteiger partial charge on any atom is 1.00 e. The van der Waals surface area contributed by atoms with Crippen molar-refractivity contribution in [1.82, 2.24) is 0 Å². The summed E-state index contributed by atoms with van der Waals surface area (Å²) < 4.78 is 24.1. The fourth-order valence-corrected chi connectivity index (χ4v) is 2.64. The molecule has 2 aromatic rings. The molecule has 0 bridgehead atoms. The number of hydrogen-bond acceptors (Lipinski definition) is 2. The zero-order valence-corrected chi connectivity index (χ0v) is 12.9. The van der Waals surface area contributed by atoms with E-state index in [1.807, 2.05) is 0 Å². The summed E-state index contributed by atoms with van der Waals surface area (Å²) in [6, 6.07) is 16.9. The molecule has 16 heavy (non-hydrogen) atoms. The van der Waals surface area contributed by atoms with Crippen LogP contribution in [0.3, 0.4) is 0 Å². The van der Waals surface area contributed by atoms with E-state index in [1.165, 1.54) is 0 Å². The predicted molar refractivity (Wildman–Crippen MR) is 58.3 cm³/mol. The number of benzene rings is 2. The molecule has 0 fully saturated rings. The number of sulfone groups is 1. The summed E-state index contributed by atoms with van der Waals surface area (Å²) in [5.74, 6) is 0. The van der Waals surface area contributed by atoms with E-state index in [2.05, 4.69) is 0 Å². The third kappa shape index (κ3) is 3.03. The summed E-state index contributed by atoms with van der Waals surface area (Å²) >= 11 is 0. The summed E-state index contributed by atoms with van der Waals surface area (Å²) in [7, 11) is -3.34. The van der Waals surface area contributed by atoms with Crippen molar-refractivity contribution in [3.05, 3.63) is 60.7 Å². The predicted octanol–water partition coefficient (Wildman–Crippen LogP) is -0.477. The van der Waals surface area contributed by atoms with Crippen molar-refractivity contribution in [2.45, 2.75) is 9.79 Å². The smallest absolute Gasteiger partial charge is 0.219 e. The molecule has 0 N–H and O–H groups in total. The Hall–Kier alpha value is 0.0264. The van der Waals surface area contributed by atoms with Crippen molar-refractivity contribution in [1.29, 1.82) is 0 Å². The monoisotopic (exact) mass is 257 g/mol. The van der Waals surface area contributed by atoms with Gasteiger partial charge in [-0.3, -0.25) is 0 Å². The molecule has 76 valence electrons. The first-order chi connectivity index (χ1) is 7.21. The van der Waals surface area contributed by atoms with Crippen LogP contribution in [0.2, 0.25) is 0 Å². The van der Waals surface area contributed by atoms with E-state index in [0.717, 1.165) is 0 Å². The van der Waals surface area contributed by atoms with E-state index in [0.29, 0.717) is 9.79 Å². The first kappa shape index (κ1) is 14.1. The Bertz CT molecular complexity index is 490. The largest absolute Gasteiger partial charge is 1.00 e. The molecule has 0 saturated heterocycles. The average molecular weight is 257 g/mol. The molecule has 0 aliphatic carbocycles. The van der Waals surface area contributed by atoms with Gasteiger partial charge in [0.1, 0.15) is 0 Å². The van der Waals surface area contributed by atoms with Gasteiger partial charge in [0.05, 0.1) is 9.79 Å². The van der Waals surface area contributed by atoms with E-state index in [-0.39, 0.29) is 51.4 Å². The molecule has 0 aromatic heterocycles. The van der Waals surface area contributed by atoms with Crippen molar-refractivity contribution in [2.75, 3.05) is 0 Å². The first-order valence-corrected chi connectivity index (χ1v) is 6.05. The zero-order valence-electron chi connectivity index (χ0n) is 9.00. The molecule has 0 saturated carbocycles. The van der Waals surface area contributed by atoms with Gasteiger partial charge in [-0.15, -0.1) is 0 Å². The molecule has 0 heterocycles. The van der Waals surface area contributed by atoms with E-state index >= 15 is 0 Å². The van der Waals surface area contributed by atoms with Crippen LogP contribution in [0.15, 0.2) is 70.5 Å². The molecule has 0 aliphatic rings. The second-order valence-electron chi connectivity index (χ2n) is 3.13. The van der Waals surface area contributed by atoms with Crippen LogP contribution < -0.4 is 51.4 Å². The van der Waals surface area contributed by atoms with Crippen LogP contribution >= 0.6 is 0 Å². The van der Waals surface area contributed by atoms with Gasteiger partial charge in [-0.2, -0.15) is 0 Å². The average Bonchev–Trinajstić information content (AvgIpc) is 2.31. The van der Waals surface area contributed by atoms with Gasteiger partial charge in [0.15, 0.2) is 0 Å². The van der Waals surface area contributed by atoms with Crippen molar-refractivity contribution in [2.24, 2.45) is 0 Å². The molecular weight excluding hydrogens is 247 g/mol. The molecule has 2 rings (SSSR count). The SMILES string of the molecule is O=S(=O)(c1ccccc1)c1ccccc1.[K+]. The van der Waals surface area contributed by atoms with Gasteiger partial charge >= 0.3 is 51.4 Å². The Kier molecular flexibility index (Phi) is 5.37. The Balaban J connectivity index is 0.00000128. The van der Waals surface area contributed by atoms with Gasteiger partial charge in [-0.1, -0.05) is 36.4 Å². The van der Waals surface area contributed by atoms with Crippen LogP contribution in [0.5, 0.6) is 0 Å². The van der Waals surface area contributed by atoms with Crippen molar-refractivity contribution >= 4 is 9.84 Å². The molecule has 0 aliphatic heterocycles. The summed E-state index contributed by atoms with van der Waals surface area (Å²) in [6.45, 7) is 0. The van der Waals surface area contributed by atoms with E-state index in [1.54, 1.807) is 60.7 Å². The fraction of sp³-hybridized carbons (Fsp3) is 0. The van der Waals surface area contributed by atoms with Crippen LogP contribution in [-0.2, 0) is 9.84 Å². The van der Waals surface area contributed by atoms with Crippen LogP contribution in [0.4, 0.5) is 0 Å². The van der Waals surface area contributed by atoms with Gasteiger partial charge in [0.2, 0.25) is 9.84 Å². The van der Waals surface area contributed by atoms with Gasteiger partial charge in [0, 0.05) is 0 Å². The zero-order chi connectivity index (χ0) is 10.7. The third-order valence-electron chi connectivity index (χ3n) is 2.11. The quantitative estimate of drug-likeness (QED) is 0.681. The summed E-state index contributed by atoms with van der Waals surface area (Å²) in [5.41, 5.74) is 0. The first-order valence-electron chi connectivity index (χ1n) is 4.56. The van der Waals surface area contributed by atoms with Gasteiger partial charge in [-0.25, -0.2) is 8.42 Å². The minimum atomic E-state index is -3.34. The molecule has 0 unspecified atom stereocenters. The van der Waals surface area contributed by atoms with Gasteiger partial charge in [0.25, 0.3) is 0 Å². The number of rotatable bonds is 2. The van der Waals surface area contributed by atoms with Crippen LogP contribution in [0.25, 0.3) is 0 Å². The Labute approximate surface area is 138 Å². The molecule has 2 nitrogen and oxygen atoms in total. The molecule has 4 heteroatoms. The fourth-order valence-electron chi connectivity index (χ4n) is 1.34.